The molecular weight excluding hydrogens is 236 g/mol. The molecule has 2 rings (SSSR count). The van der Waals surface area contributed by atoms with E-state index < -0.39 is 5.79 Å². The first-order valence-corrected chi connectivity index (χ1v) is 7.52. The first-order valence-electron chi connectivity index (χ1n) is 7.52. The van der Waals surface area contributed by atoms with Gasteiger partial charge in [0.05, 0.1) is 12.7 Å². The van der Waals surface area contributed by atoms with Crippen LogP contribution in [0.2, 0.25) is 0 Å². The number of hydrogen-bond acceptors (Lipinski definition) is 2. The van der Waals surface area contributed by atoms with Gasteiger partial charge in [-0.1, -0.05) is 50.6 Å². The van der Waals surface area contributed by atoms with E-state index in [0.717, 1.165) is 25.9 Å². The lowest BCUT2D eigenvalue weighted by atomic mass is 9.94. The molecule has 0 aromatic heterocycles. The fourth-order valence-electron chi connectivity index (χ4n) is 2.86. The van der Waals surface area contributed by atoms with Gasteiger partial charge in [-0.3, -0.25) is 0 Å². The fraction of sp³-hybridized carbons (Fsp3) is 0.647. The summed E-state index contributed by atoms with van der Waals surface area (Å²) in [6, 6.07) is 10.5. The lowest BCUT2D eigenvalue weighted by Crippen LogP contribution is -2.48. The van der Waals surface area contributed by atoms with Gasteiger partial charge in [0.15, 0.2) is 5.79 Å². The molecule has 0 aliphatic carbocycles. The van der Waals surface area contributed by atoms with Crippen molar-refractivity contribution in [1.29, 1.82) is 0 Å². The zero-order valence-electron chi connectivity index (χ0n) is 12.4. The summed E-state index contributed by atoms with van der Waals surface area (Å²) in [6.45, 7) is 7.35. The Kier molecular flexibility index (Phi) is 5.00. The zero-order chi connectivity index (χ0) is 13.7. The molecule has 1 saturated heterocycles. The molecule has 3 atom stereocenters. The number of benzene rings is 1. The highest BCUT2D eigenvalue weighted by atomic mass is 16.7. The van der Waals surface area contributed by atoms with Crippen molar-refractivity contribution >= 4 is 0 Å². The van der Waals surface area contributed by atoms with Crippen LogP contribution < -0.4 is 0 Å². The van der Waals surface area contributed by atoms with E-state index in [4.69, 9.17) is 9.47 Å². The van der Waals surface area contributed by atoms with E-state index in [1.165, 1.54) is 12.0 Å². The van der Waals surface area contributed by atoms with Crippen LogP contribution in [-0.4, -0.2) is 18.5 Å². The predicted molar refractivity (Wildman–Crippen MR) is 78.1 cm³/mol. The van der Waals surface area contributed by atoms with E-state index >= 15 is 0 Å². The summed E-state index contributed by atoms with van der Waals surface area (Å²) < 4.78 is 12.3. The Morgan fingerprint density at radius 3 is 2.58 bits per heavy atom. The van der Waals surface area contributed by atoms with E-state index in [1.807, 2.05) is 6.07 Å². The Labute approximate surface area is 117 Å². The lowest BCUT2D eigenvalue weighted by Gasteiger charge is -2.43. The van der Waals surface area contributed by atoms with Crippen LogP contribution in [-0.2, 0) is 15.9 Å². The van der Waals surface area contributed by atoms with Gasteiger partial charge >= 0.3 is 0 Å². The van der Waals surface area contributed by atoms with Gasteiger partial charge in [0.25, 0.3) is 0 Å². The normalized spacial score (nSPS) is 31.3. The maximum Gasteiger partial charge on any atom is 0.169 e. The summed E-state index contributed by atoms with van der Waals surface area (Å²) in [5.74, 6) is 0.0798. The molecule has 1 aliphatic heterocycles. The van der Waals surface area contributed by atoms with Crippen molar-refractivity contribution in [3.05, 3.63) is 35.9 Å². The smallest absolute Gasteiger partial charge is 0.169 e. The Bertz CT molecular complexity index is 376. The Balaban J connectivity index is 2.03. The second-order valence-electron chi connectivity index (χ2n) is 5.72. The van der Waals surface area contributed by atoms with Crippen molar-refractivity contribution in [1.82, 2.24) is 0 Å². The molecule has 106 valence electrons. The van der Waals surface area contributed by atoms with Crippen molar-refractivity contribution in [3.8, 4) is 0 Å². The molecule has 1 aliphatic rings. The van der Waals surface area contributed by atoms with Crippen LogP contribution in [0.3, 0.4) is 0 Å². The molecule has 2 nitrogen and oxygen atoms in total. The van der Waals surface area contributed by atoms with E-state index in [-0.39, 0.29) is 0 Å². The highest BCUT2D eigenvalue weighted by Gasteiger charge is 2.38. The van der Waals surface area contributed by atoms with Crippen LogP contribution in [0.1, 0.15) is 45.6 Å². The van der Waals surface area contributed by atoms with E-state index in [0.29, 0.717) is 12.0 Å². The molecule has 2 heteroatoms. The van der Waals surface area contributed by atoms with Gasteiger partial charge in [-0.2, -0.15) is 0 Å². The molecule has 0 amide bonds. The third-order valence-corrected chi connectivity index (χ3v) is 3.99. The summed E-state index contributed by atoms with van der Waals surface area (Å²) in [6.07, 6.45) is 4.60. The van der Waals surface area contributed by atoms with Crippen molar-refractivity contribution in [2.24, 2.45) is 5.92 Å². The summed E-state index contributed by atoms with van der Waals surface area (Å²) in [7, 11) is 0. The molecule has 0 saturated carbocycles. The van der Waals surface area contributed by atoms with Gasteiger partial charge < -0.3 is 9.47 Å². The van der Waals surface area contributed by atoms with Crippen molar-refractivity contribution in [2.75, 3.05) is 6.61 Å². The lowest BCUT2D eigenvalue weighted by molar-refractivity contribution is -0.302. The average molecular weight is 262 g/mol. The quantitative estimate of drug-likeness (QED) is 0.792. The van der Waals surface area contributed by atoms with Crippen LogP contribution >= 0.6 is 0 Å². The van der Waals surface area contributed by atoms with Crippen LogP contribution in [0.25, 0.3) is 0 Å². The predicted octanol–water partition coefficient (Wildman–Crippen LogP) is 4.19. The minimum absolute atomic E-state index is 0.345. The topological polar surface area (TPSA) is 18.5 Å². The minimum Gasteiger partial charge on any atom is -0.349 e. The van der Waals surface area contributed by atoms with E-state index in [1.54, 1.807) is 0 Å². The summed E-state index contributed by atoms with van der Waals surface area (Å²) in [5.41, 5.74) is 1.27. The Hall–Kier alpha value is -0.860. The summed E-state index contributed by atoms with van der Waals surface area (Å²) in [4.78, 5) is 0. The molecule has 1 aromatic rings. The van der Waals surface area contributed by atoms with Gasteiger partial charge in [0.2, 0.25) is 0 Å². The standard InChI is InChI=1S/C17H26O2/c1-4-9-16-15(5-2)13-18-17(3,19-16)12-14-10-7-6-8-11-14/h6-8,10-11,15-16H,4-5,9,12-13H2,1-3H3/t15-,16-,17+/m0/s1. The number of hydrogen-bond donors (Lipinski definition) is 0. The SMILES string of the molecule is CCC[C@@H]1O[C@](C)(Cc2ccccc2)OC[C@@H]1CC. The number of ether oxygens (including phenoxy) is 2. The molecule has 0 radical (unpaired) electrons. The molecule has 0 N–H and O–H groups in total. The third kappa shape index (κ3) is 3.80. The largest absolute Gasteiger partial charge is 0.349 e. The van der Waals surface area contributed by atoms with Crippen LogP contribution in [0, 0.1) is 5.92 Å². The third-order valence-electron chi connectivity index (χ3n) is 3.99. The molecular formula is C17H26O2. The van der Waals surface area contributed by atoms with Crippen LogP contribution in [0.4, 0.5) is 0 Å². The average Bonchev–Trinajstić information content (AvgIpc) is 2.40. The van der Waals surface area contributed by atoms with Gasteiger partial charge in [-0.05, 0) is 25.3 Å². The first-order chi connectivity index (χ1) is 9.17. The van der Waals surface area contributed by atoms with Gasteiger partial charge in [-0.15, -0.1) is 0 Å². The van der Waals surface area contributed by atoms with Gasteiger partial charge in [0, 0.05) is 12.3 Å². The van der Waals surface area contributed by atoms with Crippen LogP contribution in [0.5, 0.6) is 0 Å². The molecule has 1 heterocycles. The van der Waals surface area contributed by atoms with Crippen LogP contribution in [0.15, 0.2) is 30.3 Å². The van der Waals surface area contributed by atoms with E-state index in [2.05, 4.69) is 45.0 Å². The van der Waals surface area contributed by atoms with Gasteiger partial charge in [0.1, 0.15) is 0 Å². The van der Waals surface area contributed by atoms with Crippen molar-refractivity contribution < 1.29 is 9.47 Å². The monoisotopic (exact) mass is 262 g/mol. The molecule has 0 spiro atoms. The molecule has 0 bridgehead atoms. The highest BCUT2D eigenvalue weighted by Crippen LogP contribution is 2.33. The Morgan fingerprint density at radius 1 is 1.21 bits per heavy atom. The molecule has 1 aromatic carbocycles. The van der Waals surface area contributed by atoms with Gasteiger partial charge in [-0.25, -0.2) is 0 Å². The molecule has 19 heavy (non-hydrogen) atoms. The number of rotatable bonds is 5. The molecule has 0 unspecified atom stereocenters. The second-order valence-corrected chi connectivity index (χ2v) is 5.72. The molecule has 1 fully saturated rings. The minimum atomic E-state index is -0.465. The summed E-state index contributed by atoms with van der Waals surface area (Å²) in [5, 5.41) is 0. The van der Waals surface area contributed by atoms with Crippen molar-refractivity contribution in [2.45, 2.75) is 58.3 Å². The zero-order valence-corrected chi connectivity index (χ0v) is 12.4. The highest BCUT2D eigenvalue weighted by molar-refractivity contribution is 5.16. The maximum absolute atomic E-state index is 6.30. The van der Waals surface area contributed by atoms with E-state index in [9.17, 15) is 0 Å². The summed E-state index contributed by atoms with van der Waals surface area (Å²) >= 11 is 0. The maximum atomic E-state index is 6.30. The fourth-order valence-corrected chi connectivity index (χ4v) is 2.86. The second kappa shape index (κ2) is 6.53. The Morgan fingerprint density at radius 2 is 1.95 bits per heavy atom. The van der Waals surface area contributed by atoms with Crippen molar-refractivity contribution in [3.63, 3.8) is 0 Å². The first kappa shape index (κ1) is 14.5.